The smallest absolute Gasteiger partial charge is 0.339 e. The number of carbonyl (C=O) groups is 1. The van der Waals surface area contributed by atoms with Gasteiger partial charge in [-0.15, -0.1) is 0 Å². The number of carboxylic acids is 1. The van der Waals surface area contributed by atoms with Gasteiger partial charge in [0.15, 0.2) is 0 Å². The summed E-state index contributed by atoms with van der Waals surface area (Å²) in [5.41, 5.74) is -0.738. The molecule has 0 saturated heterocycles. The lowest BCUT2D eigenvalue weighted by Gasteiger charge is -2.08. The van der Waals surface area contributed by atoms with Gasteiger partial charge < -0.3 is 9.84 Å². The van der Waals surface area contributed by atoms with Crippen molar-refractivity contribution in [3.8, 4) is 11.5 Å². The van der Waals surface area contributed by atoms with Gasteiger partial charge in [-0.05, 0) is 18.2 Å². The molecule has 1 N–H and O–H groups in total. The first kappa shape index (κ1) is 13.5. The number of nitro groups is 1. The summed E-state index contributed by atoms with van der Waals surface area (Å²) in [4.78, 5) is 21.0. The van der Waals surface area contributed by atoms with Crippen molar-refractivity contribution in [1.82, 2.24) is 0 Å². The zero-order valence-electron chi connectivity index (χ0n) is 9.95. The molecule has 0 unspecified atom stereocenters. The third-order valence-electron chi connectivity index (χ3n) is 2.43. The molecule has 0 atom stereocenters. The second-order valence-corrected chi connectivity index (χ2v) is 3.80. The number of ether oxygens (including phenoxy) is 1. The maximum atomic E-state index is 13.0. The van der Waals surface area contributed by atoms with Crippen LogP contribution in [0.4, 0.5) is 10.1 Å². The van der Waals surface area contributed by atoms with Crippen molar-refractivity contribution < 1.29 is 24.0 Å². The lowest BCUT2D eigenvalue weighted by atomic mass is 10.2. The zero-order chi connectivity index (χ0) is 14.7. The summed E-state index contributed by atoms with van der Waals surface area (Å²) in [5, 5.41) is 19.6. The van der Waals surface area contributed by atoms with Crippen LogP contribution in [0.2, 0.25) is 0 Å². The number of non-ortho nitro benzene ring substituents is 1. The van der Waals surface area contributed by atoms with Crippen molar-refractivity contribution in [2.45, 2.75) is 0 Å². The van der Waals surface area contributed by atoms with Crippen LogP contribution < -0.4 is 4.74 Å². The Hall–Kier alpha value is -2.96. The topological polar surface area (TPSA) is 89.7 Å². The molecule has 0 radical (unpaired) electrons. The number of benzene rings is 2. The molecular formula is C13H8FNO5. The van der Waals surface area contributed by atoms with Gasteiger partial charge in [-0.25, -0.2) is 9.18 Å². The second kappa shape index (κ2) is 5.35. The molecule has 6 nitrogen and oxygen atoms in total. The number of rotatable bonds is 4. The molecule has 2 aromatic rings. The molecule has 0 aliphatic heterocycles. The lowest BCUT2D eigenvalue weighted by Crippen LogP contribution is -2.01. The quantitative estimate of drug-likeness (QED) is 0.684. The molecule has 0 aliphatic rings. The summed E-state index contributed by atoms with van der Waals surface area (Å²) in [6.45, 7) is 0. The maximum Gasteiger partial charge on any atom is 0.339 e. The lowest BCUT2D eigenvalue weighted by molar-refractivity contribution is -0.384. The van der Waals surface area contributed by atoms with E-state index in [1.165, 1.54) is 18.2 Å². The van der Waals surface area contributed by atoms with E-state index >= 15 is 0 Å². The van der Waals surface area contributed by atoms with Crippen LogP contribution >= 0.6 is 0 Å². The zero-order valence-corrected chi connectivity index (χ0v) is 9.95. The maximum absolute atomic E-state index is 13.0. The number of nitro benzene ring substituents is 1. The highest BCUT2D eigenvalue weighted by atomic mass is 19.1. The Bertz CT molecular complexity index is 686. The Balaban J connectivity index is 2.41. The molecule has 0 fully saturated rings. The second-order valence-electron chi connectivity index (χ2n) is 3.80. The molecule has 20 heavy (non-hydrogen) atoms. The van der Waals surface area contributed by atoms with Gasteiger partial charge in [0, 0.05) is 18.2 Å². The SMILES string of the molecule is O=C(O)c1cc([N+](=O)[O-])ccc1Oc1cccc(F)c1. The van der Waals surface area contributed by atoms with Crippen molar-refractivity contribution in [3.05, 3.63) is 64.0 Å². The Morgan fingerprint density at radius 1 is 1.25 bits per heavy atom. The van der Waals surface area contributed by atoms with E-state index in [0.29, 0.717) is 0 Å². The van der Waals surface area contributed by atoms with E-state index in [1.807, 2.05) is 0 Å². The van der Waals surface area contributed by atoms with Crippen LogP contribution in [0, 0.1) is 15.9 Å². The van der Waals surface area contributed by atoms with Crippen LogP contribution in [0.25, 0.3) is 0 Å². The van der Waals surface area contributed by atoms with Gasteiger partial charge in [0.25, 0.3) is 5.69 Å². The molecule has 2 aromatic carbocycles. The van der Waals surface area contributed by atoms with Gasteiger partial charge in [-0.1, -0.05) is 6.07 Å². The first-order valence-electron chi connectivity index (χ1n) is 5.42. The third kappa shape index (κ3) is 2.89. The molecule has 0 aromatic heterocycles. The molecule has 0 bridgehead atoms. The monoisotopic (exact) mass is 277 g/mol. The highest BCUT2D eigenvalue weighted by Crippen LogP contribution is 2.29. The Kier molecular flexibility index (Phi) is 3.60. The van der Waals surface area contributed by atoms with E-state index in [2.05, 4.69) is 0 Å². The minimum Gasteiger partial charge on any atom is -0.478 e. The van der Waals surface area contributed by atoms with Crippen LogP contribution in [0.15, 0.2) is 42.5 Å². The van der Waals surface area contributed by atoms with Gasteiger partial charge in [-0.3, -0.25) is 10.1 Å². The van der Waals surface area contributed by atoms with Gasteiger partial charge in [0.2, 0.25) is 0 Å². The van der Waals surface area contributed by atoms with Crippen molar-refractivity contribution in [2.24, 2.45) is 0 Å². The first-order valence-corrected chi connectivity index (χ1v) is 5.42. The molecule has 2 rings (SSSR count). The predicted molar refractivity (Wildman–Crippen MR) is 66.5 cm³/mol. The fourth-order valence-corrected chi connectivity index (χ4v) is 1.55. The summed E-state index contributed by atoms with van der Waals surface area (Å²) in [7, 11) is 0. The molecule has 102 valence electrons. The highest BCUT2D eigenvalue weighted by Gasteiger charge is 2.17. The van der Waals surface area contributed by atoms with Gasteiger partial charge in [0.05, 0.1) is 4.92 Å². The minimum atomic E-state index is -1.37. The van der Waals surface area contributed by atoms with E-state index in [-0.39, 0.29) is 22.7 Å². The fourth-order valence-electron chi connectivity index (χ4n) is 1.55. The van der Waals surface area contributed by atoms with E-state index in [0.717, 1.165) is 24.3 Å². The number of halogens is 1. The Labute approximate surface area is 112 Å². The molecule has 0 amide bonds. The molecule has 0 saturated carbocycles. The van der Waals surface area contributed by atoms with Crippen molar-refractivity contribution in [3.63, 3.8) is 0 Å². The average Bonchev–Trinajstić information content (AvgIpc) is 2.38. The van der Waals surface area contributed by atoms with Crippen LogP contribution in [0.3, 0.4) is 0 Å². The van der Waals surface area contributed by atoms with Gasteiger partial charge in [-0.2, -0.15) is 0 Å². The minimum absolute atomic E-state index is 0.0985. The summed E-state index contributed by atoms with van der Waals surface area (Å²) in [6.07, 6.45) is 0. The molecule has 7 heteroatoms. The Morgan fingerprint density at radius 3 is 2.60 bits per heavy atom. The first-order chi connectivity index (χ1) is 9.47. The molecule has 0 heterocycles. The molecule has 0 spiro atoms. The number of hydrogen-bond donors (Lipinski definition) is 1. The summed E-state index contributed by atoms with van der Waals surface area (Å²) in [5.74, 6) is -1.92. The number of carboxylic acid groups (broad SMARTS) is 1. The number of hydrogen-bond acceptors (Lipinski definition) is 4. The standard InChI is InChI=1S/C13H8FNO5/c14-8-2-1-3-10(6-8)20-12-5-4-9(15(18)19)7-11(12)13(16)17/h1-7H,(H,16,17). The summed E-state index contributed by atoms with van der Waals surface area (Å²) < 4.78 is 18.3. The number of aromatic carboxylic acids is 1. The normalized spacial score (nSPS) is 10.1. The number of nitrogens with zero attached hydrogens (tertiary/aromatic N) is 1. The highest BCUT2D eigenvalue weighted by molar-refractivity contribution is 5.91. The largest absolute Gasteiger partial charge is 0.478 e. The van der Waals surface area contributed by atoms with Gasteiger partial charge in [0.1, 0.15) is 22.9 Å². The molecular weight excluding hydrogens is 269 g/mol. The average molecular weight is 277 g/mol. The van der Waals surface area contributed by atoms with Crippen molar-refractivity contribution >= 4 is 11.7 Å². The van der Waals surface area contributed by atoms with E-state index in [1.54, 1.807) is 0 Å². The van der Waals surface area contributed by atoms with Crippen LogP contribution in [-0.4, -0.2) is 16.0 Å². The summed E-state index contributed by atoms with van der Waals surface area (Å²) in [6, 6.07) is 8.28. The van der Waals surface area contributed by atoms with Crippen molar-refractivity contribution in [1.29, 1.82) is 0 Å². The van der Waals surface area contributed by atoms with Crippen LogP contribution in [0.5, 0.6) is 11.5 Å². The van der Waals surface area contributed by atoms with E-state index in [4.69, 9.17) is 9.84 Å². The summed E-state index contributed by atoms with van der Waals surface area (Å²) >= 11 is 0. The fraction of sp³-hybridized carbons (Fsp3) is 0. The van der Waals surface area contributed by atoms with E-state index in [9.17, 15) is 19.3 Å². The van der Waals surface area contributed by atoms with Crippen LogP contribution in [0.1, 0.15) is 10.4 Å². The molecule has 0 aliphatic carbocycles. The van der Waals surface area contributed by atoms with E-state index < -0.39 is 16.7 Å². The van der Waals surface area contributed by atoms with Crippen molar-refractivity contribution in [2.75, 3.05) is 0 Å². The van der Waals surface area contributed by atoms with Crippen LogP contribution in [-0.2, 0) is 0 Å². The Morgan fingerprint density at radius 2 is 2.00 bits per heavy atom. The van der Waals surface area contributed by atoms with Gasteiger partial charge >= 0.3 is 5.97 Å². The third-order valence-corrected chi connectivity index (χ3v) is 2.43. The predicted octanol–water partition coefficient (Wildman–Crippen LogP) is 3.22.